The fourth-order valence-electron chi connectivity index (χ4n) is 3.11. The van der Waals surface area contributed by atoms with Gasteiger partial charge in [-0.3, -0.25) is 0 Å². The summed E-state index contributed by atoms with van der Waals surface area (Å²) in [5, 5.41) is 1.49. The van der Waals surface area contributed by atoms with Crippen molar-refractivity contribution in [3.8, 4) is 0 Å². The number of halogens is 2. The van der Waals surface area contributed by atoms with E-state index in [1.54, 1.807) is 36.6 Å². The van der Waals surface area contributed by atoms with Gasteiger partial charge in [-0.15, -0.1) is 0 Å². The minimum atomic E-state index is -0.582. The van der Waals surface area contributed by atoms with E-state index in [2.05, 4.69) is 0 Å². The summed E-state index contributed by atoms with van der Waals surface area (Å²) in [5.41, 5.74) is 1.92. The smallest absolute Gasteiger partial charge is 0.355 e. The van der Waals surface area contributed by atoms with Gasteiger partial charge in [0.2, 0.25) is 0 Å². The predicted octanol–water partition coefficient (Wildman–Crippen LogP) is 5.35. The minimum absolute atomic E-state index is 0.160. The zero-order chi connectivity index (χ0) is 20.3. The third-order valence-corrected chi connectivity index (χ3v) is 4.98. The number of carbonyl (C=O) groups is 2. The molecule has 5 nitrogen and oxygen atoms in total. The predicted molar refractivity (Wildman–Crippen MR) is 109 cm³/mol. The molecule has 0 saturated carbocycles. The molecule has 0 saturated heterocycles. The number of nitrogens with zero attached hydrogens (tertiary/aromatic N) is 1. The number of aromatic nitrogens is 1. The summed E-state index contributed by atoms with van der Waals surface area (Å²) in [4.78, 5) is 25.4. The second-order valence-corrected chi connectivity index (χ2v) is 6.83. The first-order valence-electron chi connectivity index (χ1n) is 8.87. The van der Waals surface area contributed by atoms with E-state index in [1.807, 2.05) is 24.3 Å². The van der Waals surface area contributed by atoms with Crippen LogP contribution in [0.4, 0.5) is 0 Å². The van der Waals surface area contributed by atoms with Crippen LogP contribution in [0.2, 0.25) is 10.0 Å². The van der Waals surface area contributed by atoms with Crippen LogP contribution in [0.3, 0.4) is 0 Å². The number of para-hydroxylation sites is 1. The highest BCUT2D eigenvalue weighted by molar-refractivity contribution is 6.42. The molecule has 0 amide bonds. The standard InChI is InChI=1S/C21H19Cl2NO4/c1-3-27-20(25)18-14-7-5-6-8-17(14)24(19(18)21(26)28-4-2)12-13-9-10-15(22)16(23)11-13/h5-11H,3-4,12H2,1-2H3. The number of rotatable bonds is 6. The molecule has 0 radical (unpaired) electrons. The molecule has 3 rings (SSSR count). The van der Waals surface area contributed by atoms with Gasteiger partial charge in [-0.2, -0.15) is 0 Å². The van der Waals surface area contributed by atoms with Crippen molar-refractivity contribution in [2.24, 2.45) is 0 Å². The van der Waals surface area contributed by atoms with Gasteiger partial charge in [-0.25, -0.2) is 9.59 Å². The van der Waals surface area contributed by atoms with Gasteiger partial charge in [0, 0.05) is 17.4 Å². The van der Waals surface area contributed by atoms with Crippen molar-refractivity contribution >= 4 is 46.0 Å². The maximum absolute atomic E-state index is 12.8. The van der Waals surface area contributed by atoms with E-state index in [1.165, 1.54) is 0 Å². The monoisotopic (exact) mass is 419 g/mol. The molecule has 28 heavy (non-hydrogen) atoms. The van der Waals surface area contributed by atoms with Crippen LogP contribution in [0, 0.1) is 0 Å². The Bertz CT molecular complexity index is 1040. The van der Waals surface area contributed by atoms with E-state index in [0.29, 0.717) is 22.0 Å². The van der Waals surface area contributed by atoms with Crippen LogP contribution in [0.1, 0.15) is 40.3 Å². The van der Waals surface area contributed by atoms with Crippen molar-refractivity contribution in [2.45, 2.75) is 20.4 Å². The van der Waals surface area contributed by atoms with E-state index in [4.69, 9.17) is 32.7 Å². The van der Waals surface area contributed by atoms with E-state index >= 15 is 0 Å². The first-order chi connectivity index (χ1) is 13.5. The molecule has 0 fully saturated rings. The summed E-state index contributed by atoms with van der Waals surface area (Å²) in [7, 11) is 0. The topological polar surface area (TPSA) is 57.5 Å². The van der Waals surface area contributed by atoms with Crippen LogP contribution in [0.25, 0.3) is 10.9 Å². The maximum atomic E-state index is 12.8. The van der Waals surface area contributed by atoms with Gasteiger partial charge >= 0.3 is 11.9 Å². The van der Waals surface area contributed by atoms with Crippen molar-refractivity contribution < 1.29 is 19.1 Å². The second-order valence-electron chi connectivity index (χ2n) is 6.02. The van der Waals surface area contributed by atoms with Crippen molar-refractivity contribution in [3.05, 3.63) is 69.3 Å². The molecule has 146 valence electrons. The average Bonchev–Trinajstić information content (AvgIpc) is 3.00. The quantitative estimate of drug-likeness (QED) is 0.505. The van der Waals surface area contributed by atoms with Crippen molar-refractivity contribution in [1.29, 1.82) is 0 Å². The van der Waals surface area contributed by atoms with Crippen LogP contribution >= 0.6 is 23.2 Å². The third-order valence-electron chi connectivity index (χ3n) is 4.24. The Kier molecular flexibility index (Phi) is 6.27. The minimum Gasteiger partial charge on any atom is -0.462 e. The highest BCUT2D eigenvalue weighted by Gasteiger charge is 2.29. The number of fused-ring (bicyclic) bond motifs is 1. The van der Waals surface area contributed by atoms with Gasteiger partial charge < -0.3 is 14.0 Å². The normalized spacial score (nSPS) is 10.9. The number of ether oxygens (including phenoxy) is 2. The molecule has 0 atom stereocenters. The van der Waals surface area contributed by atoms with E-state index in [9.17, 15) is 9.59 Å². The maximum Gasteiger partial charge on any atom is 0.355 e. The lowest BCUT2D eigenvalue weighted by atomic mass is 10.1. The largest absolute Gasteiger partial charge is 0.462 e. The van der Waals surface area contributed by atoms with E-state index in [-0.39, 0.29) is 24.5 Å². The van der Waals surface area contributed by atoms with Crippen molar-refractivity contribution in [3.63, 3.8) is 0 Å². The second kappa shape index (κ2) is 8.67. The number of hydrogen-bond acceptors (Lipinski definition) is 4. The van der Waals surface area contributed by atoms with E-state index < -0.39 is 11.9 Å². The lowest BCUT2D eigenvalue weighted by Crippen LogP contribution is -2.18. The summed E-state index contributed by atoms with van der Waals surface area (Å²) < 4.78 is 12.2. The number of esters is 2. The summed E-state index contributed by atoms with van der Waals surface area (Å²) in [6, 6.07) is 12.5. The molecule has 0 aliphatic carbocycles. The zero-order valence-corrected chi connectivity index (χ0v) is 17.0. The Hall–Kier alpha value is -2.50. The Morgan fingerprint density at radius 2 is 1.61 bits per heavy atom. The molecule has 3 aromatic rings. The molecule has 0 bridgehead atoms. The average molecular weight is 420 g/mol. The van der Waals surface area contributed by atoms with Gasteiger partial charge in [-0.05, 0) is 37.6 Å². The number of benzene rings is 2. The zero-order valence-electron chi connectivity index (χ0n) is 15.5. The summed E-state index contributed by atoms with van der Waals surface area (Å²) >= 11 is 12.1. The molecule has 0 spiro atoms. The highest BCUT2D eigenvalue weighted by Crippen LogP contribution is 2.30. The first kappa shape index (κ1) is 20.2. The summed E-state index contributed by atoms with van der Waals surface area (Å²) in [6.07, 6.45) is 0. The van der Waals surface area contributed by atoms with Gasteiger partial charge in [0.05, 0.1) is 23.3 Å². The lowest BCUT2D eigenvalue weighted by Gasteiger charge is -2.12. The van der Waals surface area contributed by atoms with Gasteiger partial charge in [0.15, 0.2) is 0 Å². The van der Waals surface area contributed by atoms with Gasteiger partial charge in [0.1, 0.15) is 11.3 Å². The fraction of sp³-hybridized carbons (Fsp3) is 0.238. The van der Waals surface area contributed by atoms with Crippen LogP contribution in [0.15, 0.2) is 42.5 Å². The molecule has 7 heteroatoms. The Morgan fingerprint density at radius 1 is 0.929 bits per heavy atom. The SMILES string of the molecule is CCOC(=O)c1c(C(=O)OCC)n(Cc2ccc(Cl)c(Cl)c2)c2ccccc12. The van der Waals surface area contributed by atoms with Crippen LogP contribution < -0.4 is 0 Å². The summed E-state index contributed by atoms with van der Waals surface area (Å²) in [6.45, 7) is 4.14. The van der Waals surface area contributed by atoms with Crippen LogP contribution in [0.5, 0.6) is 0 Å². The van der Waals surface area contributed by atoms with Gasteiger partial charge in [-0.1, -0.05) is 47.5 Å². The summed E-state index contributed by atoms with van der Waals surface area (Å²) in [5.74, 6) is -1.14. The van der Waals surface area contributed by atoms with E-state index in [0.717, 1.165) is 11.1 Å². The molecule has 2 aromatic carbocycles. The first-order valence-corrected chi connectivity index (χ1v) is 9.62. The van der Waals surface area contributed by atoms with Crippen molar-refractivity contribution in [2.75, 3.05) is 13.2 Å². The Labute approximate surface area is 172 Å². The molecule has 0 unspecified atom stereocenters. The van der Waals surface area contributed by atoms with Gasteiger partial charge in [0.25, 0.3) is 0 Å². The lowest BCUT2D eigenvalue weighted by molar-refractivity contribution is 0.0472. The fourth-order valence-corrected chi connectivity index (χ4v) is 3.43. The van der Waals surface area contributed by atoms with Crippen LogP contribution in [-0.2, 0) is 16.0 Å². The molecular formula is C21H19Cl2NO4. The third kappa shape index (κ3) is 3.86. The van der Waals surface area contributed by atoms with Crippen molar-refractivity contribution in [1.82, 2.24) is 4.57 Å². The number of carbonyl (C=O) groups excluding carboxylic acids is 2. The molecular weight excluding hydrogens is 401 g/mol. The molecule has 0 aliphatic rings. The number of hydrogen-bond donors (Lipinski definition) is 0. The molecule has 0 aliphatic heterocycles. The highest BCUT2D eigenvalue weighted by atomic mass is 35.5. The van der Waals surface area contributed by atoms with Crippen LogP contribution in [-0.4, -0.2) is 29.7 Å². The Morgan fingerprint density at radius 3 is 2.29 bits per heavy atom. The molecule has 1 aromatic heterocycles. The molecule has 1 heterocycles. The Balaban J connectivity index is 2.24. The molecule has 0 N–H and O–H groups in total.